The second-order valence-electron chi connectivity index (χ2n) is 6.65. The van der Waals surface area contributed by atoms with Crippen LogP contribution in [0.4, 0.5) is 0 Å². The van der Waals surface area contributed by atoms with Gasteiger partial charge < -0.3 is 10.1 Å². The molecule has 0 spiro atoms. The maximum atomic E-state index is 5.10. The van der Waals surface area contributed by atoms with Gasteiger partial charge in [0, 0.05) is 20.2 Å². The summed E-state index contributed by atoms with van der Waals surface area (Å²) in [6, 6.07) is 6.89. The fraction of sp³-hybridized carbons (Fsp3) is 0.667. The lowest BCUT2D eigenvalue weighted by molar-refractivity contribution is 0.175. The molecule has 1 rings (SSSR count). The monoisotopic (exact) mass is 277 g/mol. The van der Waals surface area contributed by atoms with Gasteiger partial charge in [0.05, 0.1) is 6.61 Å². The van der Waals surface area contributed by atoms with Crippen LogP contribution in [0, 0.1) is 25.2 Å². The molecular weight excluding hydrogens is 246 g/mol. The van der Waals surface area contributed by atoms with Crippen LogP contribution in [-0.2, 0) is 11.2 Å². The Hall–Kier alpha value is -0.860. The molecular formula is C18H31NO. The molecule has 0 aliphatic heterocycles. The van der Waals surface area contributed by atoms with Crippen molar-refractivity contribution in [1.29, 1.82) is 0 Å². The van der Waals surface area contributed by atoms with Crippen molar-refractivity contribution < 1.29 is 4.74 Å². The molecule has 1 N–H and O–H groups in total. The van der Waals surface area contributed by atoms with Gasteiger partial charge in [-0.05, 0) is 37.2 Å². The second kappa shape index (κ2) is 7.80. The van der Waals surface area contributed by atoms with Crippen molar-refractivity contribution in [3.05, 3.63) is 34.9 Å². The fourth-order valence-electron chi connectivity index (χ4n) is 2.66. The lowest BCUT2D eigenvalue weighted by atomic mass is 9.74. The maximum Gasteiger partial charge on any atom is 0.0587 e. The Morgan fingerprint density at radius 1 is 1.15 bits per heavy atom. The van der Waals surface area contributed by atoms with E-state index in [1.54, 1.807) is 7.11 Å². The summed E-state index contributed by atoms with van der Waals surface area (Å²) in [5.74, 6) is 0.637. The van der Waals surface area contributed by atoms with E-state index >= 15 is 0 Å². The van der Waals surface area contributed by atoms with E-state index in [-0.39, 0.29) is 5.41 Å². The SMILES string of the molecule is COCCNCC(C)(Cc1cc(C)cc(C)c1)C(C)C. The van der Waals surface area contributed by atoms with Gasteiger partial charge in [0.15, 0.2) is 0 Å². The third kappa shape index (κ3) is 5.26. The standard InChI is InChI=1S/C18H31NO/c1-14(2)18(5,13-19-7-8-20-6)12-17-10-15(3)9-16(4)11-17/h9-11,14,19H,7-8,12-13H2,1-6H3. The topological polar surface area (TPSA) is 21.3 Å². The molecule has 2 heteroatoms. The number of benzene rings is 1. The summed E-state index contributed by atoms with van der Waals surface area (Å²) in [6.45, 7) is 14.1. The van der Waals surface area contributed by atoms with Crippen molar-refractivity contribution in [3.8, 4) is 0 Å². The number of hydrogen-bond donors (Lipinski definition) is 1. The van der Waals surface area contributed by atoms with E-state index in [4.69, 9.17) is 4.74 Å². The molecule has 0 aliphatic rings. The molecule has 0 amide bonds. The van der Waals surface area contributed by atoms with Crippen molar-refractivity contribution in [2.45, 2.75) is 41.0 Å². The van der Waals surface area contributed by atoms with E-state index in [9.17, 15) is 0 Å². The number of rotatable bonds is 8. The first-order valence-corrected chi connectivity index (χ1v) is 7.64. The van der Waals surface area contributed by atoms with Crippen molar-refractivity contribution in [1.82, 2.24) is 5.32 Å². The fourth-order valence-corrected chi connectivity index (χ4v) is 2.66. The molecule has 1 unspecified atom stereocenters. The minimum absolute atomic E-state index is 0.272. The van der Waals surface area contributed by atoms with Crippen LogP contribution in [0.25, 0.3) is 0 Å². The van der Waals surface area contributed by atoms with Crippen LogP contribution < -0.4 is 5.32 Å². The largest absolute Gasteiger partial charge is 0.383 e. The summed E-state index contributed by atoms with van der Waals surface area (Å²) in [6.07, 6.45) is 1.12. The molecule has 1 aromatic carbocycles. The van der Waals surface area contributed by atoms with Crippen LogP contribution in [0.1, 0.15) is 37.5 Å². The van der Waals surface area contributed by atoms with E-state index in [2.05, 4.69) is 58.1 Å². The molecule has 0 saturated carbocycles. The van der Waals surface area contributed by atoms with E-state index in [0.29, 0.717) is 5.92 Å². The van der Waals surface area contributed by atoms with Gasteiger partial charge in [-0.1, -0.05) is 50.1 Å². The lowest BCUT2D eigenvalue weighted by Crippen LogP contribution is -2.39. The molecule has 0 aliphatic carbocycles. The first-order valence-electron chi connectivity index (χ1n) is 7.64. The van der Waals surface area contributed by atoms with Crippen molar-refractivity contribution >= 4 is 0 Å². The highest BCUT2D eigenvalue weighted by molar-refractivity contribution is 5.29. The van der Waals surface area contributed by atoms with E-state index in [1.165, 1.54) is 16.7 Å². The third-order valence-electron chi connectivity index (χ3n) is 4.30. The third-order valence-corrected chi connectivity index (χ3v) is 4.30. The van der Waals surface area contributed by atoms with Crippen LogP contribution in [0.5, 0.6) is 0 Å². The number of ether oxygens (including phenoxy) is 1. The minimum atomic E-state index is 0.272. The zero-order valence-electron chi connectivity index (χ0n) is 14.0. The van der Waals surface area contributed by atoms with Crippen LogP contribution in [0.15, 0.2) is 18.2 Å². The first kappa shape index (κ1) is 17.2. The van der Waals surface area contributed by atoms with E-state index in [1.807, 2.05) is 0 Å². The van der Waals surface area contributed by atoms with Gasteiger partial charge in [0.2, 0.25) is 0 Å². The number of hydrogen-bond acceptors (Lipinski definition) is 2. The highest BCUT2D eigenvalue weighted by Gasteiger charge is 2.28. The normalized spacial score (nSPS) is 14.6. The Kier molecular flexibility index (Phi) is 6.70. The van der Waals surface area contributed by atoms with Crippen LogP contribution in [-0.4, -0.2) is 26.8 Å². The summed E-state index contributed by atoms with van der Waals surface area (Å²) < 4.78 is 5.10. The first-order chi connectivity index (χ1) is 9.37. The van der Waals surface area contributed by atoms with E-state index in [0.717, 1.165) is 26.1 Å². The van der Waals surface area contributed by atoms with Crippen LogP contribution in [0.3, 0.4) is 0 Å². The molecule has 114 valence electrons. The minimum Gasteiger partial charge on any atom is -0.383 e. The molecule has 1 aromatic rings. The molecule has 0 radical (unpaired) electrons. The van der Waals surface area contributed by atoms with Gasteiger partial charge in [-0.2, -0.15) is 0 Å². The predicted molar refractivity (Wildman–Crippen MR) is 87.3 cm³/mol. The molecule has 2 nitrogen and oxygen atoms in total. The highest BCUT2D eigenvalue weighted by atomic mass is 16.5. The summed E-state index contributed by atoms with van der Waals surface area (Å²) >= 11 is 0. The Bertz CT molecular complexity index is 394. The van der Waals surface area contributed by atoms with Gasteiger partial charge in [0.25, 0.3) is 0 Å². The predicted octanol–water partition coefficient (Wildman–Crippen LogP) is 3.74. The number of methoxy groups -OCH3 is 1. The number of aryl methyl sites for hydroxylation is 2. The van der Waals surface area contributed by atoms with Gasteiger partial charge >= 0.3 is 0 Å². The Morgan fingerprint density at radius 3 is 2.25 bits per heavy atom. The smallest absolute Gasteiger partial charge is 0.0587 e. The summed E-state index contributed by atoms with van der Waals surface area (Å²) in [5.41, 5.74) is 4.44. The Balaban J connectivity index is 2.74. The lowest BCUT2D eigenvalue weighted by Gasteiger charge is -2.34. The van der Waals surface area contributed by atoms with Crippen LogP contribution >= 0.6 is 0 Å². The molecule has 1 atom stereocenters. The van der Waals surface area contributed by atoms with Crippen molar-refractivity contribution in [2.24, 2.45) is 11.3 Å². The summed E-state index contributed by atoms with van der Waals surface area (Å²) in [4.78, 5) is 0. The molecule has 0 bridgehead atoms. The van der Waals surface area contributed by atoms with Gasteiger partial charge in [-0.3, -0.25) is 0 Å². The zero-order chi connectivity index (χ0) is 15.2. The maximum absolute atomic E-state index is 5.10. The van der Waals surface area contributed by atoms with Gasteiger partial charge in [-0.15, -0.1) is 0 Å². The summed E-state index contributed by atoms with van der Waals surface area (Å²) in [7, 11) is 1.75. The second-order valence-corrected chi connectivity index (χ2v) is 6.65. The average Bonchev–Trinajstić information content (AvgIpc) is 2.33. The highest BCUT2D eigenvalue weighted by Crippen LogP contribution is 2.31. The van der Waals surface area contributed by atoms with Gasteiger partial charge in [-0.25, -0.2) is 0 Å². The quantitative estimate of drug-likeness (QED) is 0.731. The van der Waals surface area contributed by atoms with Gasteiger partial charge in [0.1, 0.15) is 0 Å². The summed E-state index contributed by atoms with van der Waals surface area (Å²) in [5, 5.41) is 3.53. The Labute approximate surface area is 124 Å². The van der Waals surface area contributed by atoms with Crippen LogP contribution in [0.2, 0.25) is 0 Å². The molecule has 0 saturated heterocycles. The molecule has 0 heterocycles. The Morgan fingerprint density at radius 2 is 1.75 bits per heavy atom. The van der Waals surface area contributed by atoms with Crippen molar-refractivity contribution in [3.63, 3.8) is 0 Å². The molecule has 0 fully saturated rings. The average molecular weight is 277 g/mol. The zero-order valence-corrected chi connectivity index (χ0v) is 14.0. The van der Waals surface area contributed by atoms with E-state index < -0.39 is 0 Å². The molecule has 20 heavy (non-hydrogen) atoms. The molecule has 0 aromatic heterocycles. The van der Waals surface area contributed by atoms with Crippen molar-refractivity contribution in [2.75, 3.05) is 26.8 Å². The number of nitrogens with one attached hydrogen (secondary N) is 1.